The van der Waals surface area contributed by atoms with Crippen molar-refractivity contribution in [1.82, 2.24) is 4.90 Å². The highest BCUT2D eigenvalue weighted by atomic mass is 19.1. The zero-order valence-electron chi connectivity index (χ0n) is 12.1. The average Bonchev–Trinajstić information content (AvgIpc) is 2.92. The molecule has 1 fully saturated rings. The molecule has 0 radical (unpaired) electrons. The minimum atomic E-state index is -0.179. The van der Waals surface area contributed by atoms with Crippen LogP contribution in [0.1, 0.15) is 17.0 Å². The number of halogens is 1. The van der Waals surface area contributed by atoms with Crippen LogP contribution in [-0.2, 0) is 6.54 Å². The van der Waals surface area contributed by atoms with Crippen LogP contribution in [0.2, 0.25) is 0 Å². The summed E-state index contributed by atoms with van der Waals surface area (Å²) in [6.45, 7) is 3.62. The fourth-order valence-electron chi connectivity index (χ4n) is 3.26. The molecule has 1 heterocycles. The predicted molar refractivity (Wildman–Crippen MR) is 83.4 cm³/mol. The summed E-state index contributed by atoms with van der Waals surface area (Å²) in [5.74, 6) is 0.667. The van der Waals surface area contributed by atoms with E-state index in [2.05, 4.69) is 29.2 Å². The van der Waals surface area contributed by atoms with Gasteiger partial charge in [0.2, 0.25) is 0 Å². The Kier molecular flexibility index (Phi) is 4.32. The number of nitrogens with two attached hydrogens (primary N) is 1. The van der Waals surface area contributed by atoms with Crippen molar-refractivity contribution in [1.29, 1.82) is 0 Å². The van der Waals surface area contributed by atoms with E-state index in [0.29, 0.717) is 18.4 Å². The van der Waals surface area contributed by atoms with Gasteiger partial charge in [-0.05, 0) is 35.7 Å². The second-order valence-corrected chi connectivity index (χ2v) is 5.83. The Morgan fingerprint density at radius 1 is 1.00 bits per heavy atom. The van der Waals surface area contributed by atoms with Crippen LogP contribution in [-0.4, -0.2) is 24.5 Å². The molecule has 0 bridgehead atoms. The smallest absolute Gasteiger partial charge is 0.123 e. The second kappa shape index (κ2) is 6.37. The number of hydrogen-bond donors (Lipinski definition) is 1. The molecule has 3 heteroatoms. The molecule has 0 aromatic heterocycles. The Balaban J connectivity index is 1.72. The summed E-state index contributed by atoms with van der Waals surface area (Å²) in [5, 5.41) is 0. The van der Waals surface area contributed by atoms with Crippen molar-refractivity contribution in [3.05, 3.63) is 71.5 Å². The molecule has 110 valence electrons. The summed E-state index contributed by atoms with van der Waals surface area (Å²) in [4.78, 5) is 2.45. The van der Waals surface area contributed by atoms with Gasteiger partial charge < -0.3 is 5.73 Å². The van der Waals surface area contributed by atoms with E-state index in [0.717, 1.165) is 19.6 Å². The van der Waals surface area contributed by atoms with Gasteiger partial charge in [-0.1, -0.05) is 42.5 Å². The first-order valence-electron chi connectivity index (χ1n) is 7.48. The van der Waals surface area contributed by atoms with E-state index in [1.807, 2.05) is 18.2 Å². The van der Waals surface area contributed by atoms with Gasteiger partial charge in [0.25, 0.3) is 0 Å². The number of likely N-dealkylation sites (tertiary alicyclic amines) is 1. The fraction of sp³-hybridized carbons (Fsp3) is 0.333. The van der Waals surface area contributed by atoms with Gasteiger partial charge in [0.1, 0.15) is 5.82 Å². The molecule has 2 N–H and O–H groups in total. The van der Waals surface area contributed by atoms with Crippen molar-refractivity contribution >= 4 is 0 Å². The lowest BCUT2D eigenvalue weighted by Crippen LogP contribution is -2.23. The van der Waals surface area contributed by atoms with Crippen molar-refractivity contribution in [2.75, 3.05) is 19.6 Å². The van der Waals surface area contributed by atoms with Gasteiger partial charge >= 0.3 is 0 Å². The molecule has 2 aromatic rings. The molecule has 0 amide bonds. The van der Waals surface area contributed by atoms with Crippen molar-refractivity contribution in [2.24, 2.45) is 11.7 Å². The van der Waals surface area contributed by atoms with Gasteiger partial charge in [0.15, 0.2) is 0 Å². The first kappa shape index (κ1) is 14.2. The van der Waals surface area contributed by atoms with Crippen molar-refractivity contribution < 1.29 is 4.39 Å². The molecule has 2 aromatic carbocycles. The zero-order chi connectivity index (χ0) is 14.7. The van der Waals surface area contributed by atoms with Crippen molar-refractivity contribution in [3.8, 4) is 0 Å². The lowest BCUT2D eigenvalue weighted by Gasteiger charge is -2.17. The lowest BCUT2D eigenvalue weighted by molar-refractivity contribution is 0.317. The normalized spacial score (nSPS) is 22.6. The van der Waals surface area contributed by atoms with E-state index in [1.54, 1.807) is 12.1 Å². The highest BCUT2D eigenvalue weighted by Crippen LogP contribution is 2.32. The second-order valence-electron chi connectivity index (χ2n) is 5.83. The van der Waals surface area contributed by atoms with E-state index < -0.39 is 0 Å². The lowest BCUT2D eigenvalue weighted by atomic mass is 9.89. The third-order valence-electron chi connectivity index (χ3n) is 4.37. The molecule has 2 atom stereocenters. The van der Waals surface area contributed by atoms with E-state index in [9.17, 15) is 4.39 Å². The van der Waals surface area contributed by atoms with Crippen LogP contribution < -0.4 is 5.73 Å². The van der Waals surface area contributed by atoms with Gasteiger partial charge in [-0.2, -0.15) is 0 Å². The van der Waals surface area contributed by atoms with Gasteiger partial charge in [-0.3, -0.25) is 4.90 Å². The van der Waals surface area contributed by atoms with Crippen LogP contribution in [0.15, 0.2) is 54.6 Å². The Bertz CT molecular complexity index is 568. The maximum atomic E-state index is 13.1. The van der Waals surface area contributed by atoms with Crippen LogP contribution in [0.3, 0.4) is 0 Å². The van der Waals surface area contributed by atoms with Crippen molar-refractivity contribution in [3.63, 3.8) is 0 Å². The molecule has 1 aliphatic rings. The Labute approximate surface area is 125 Å². The first-order chi connectivity index (χ1) is 10.3. The van der Waals surface area contributed by atoms with Crippen LogP contribution in [0.4, 0.5) is 4.39 Å². The standard InChI is InChI=1S/C18H21FN2/c19-17-8-6-15(7-9-17)18-13-21(12-16(18)10-20)11-14-4-2-1-3-5-14/h1-9,16,18H,10-13,20H2/t16-,18-/m0/s1. The van der Waals surface area contributed by atoms with Crippen LogP contribution in [0.25, 0.3) is 0 Å². The molecule has 3 rings (SSSR count). The Hall–Kier alpha value is -1.71. The van der Waals surface area contributed by atoms with E-state index in [-0.39, 0.29) is 5.82 Å². The van der Waals surface area contributed by atoms with E-state index >= 15 is 0 Å². The molecule has 0 spiro atoms. The highest BCUT2D eigenvalue weighted by molar-refractivity contribution is 5.24. The fourth-order valence-corrected chi connectivity index (χ4v) is 3.26. The number of rotatable bonds is 4. The van der Waals surface area contributed by atoms with Gasteiger partial charge in [0.05, 0.1) is 0 Å². The summed E-state index contributed by atoms with van der Waals surface area (Å²) in [6.07, 6.45) is 0. The van der Waals surface area contributed by atoms with Crippen LogP contribution in [0.5, 0.6) is 0 Å². The monoisotopic (exact) mass is 284 g/mol. The molecular formula is C18H21FN2. The third kappa shape index (κ3) is 3.31. The number of benzene rings is 2. The molecule has 2 nitrogen and oxygen atoms in total. The SMILES string of the molecule is NC[C@H]1CN(Cc2ccccc2)C[C@H]1c1ccc(F)cc1. The Morgan fingerprint density at radius 3 is 2.38 bits per heavy atom. The molecule has 1 saturated heterocycles. The maximum Gasteiger partial charge on any atom is 0.123 e. The first-order valence-corrected chi connectivity index (χ1v) is 7.48. The largest absolute Gasteiger partial charge is 0.330 e. The van der Waals surface area contributed by atoms with Crippen molar-refractivity contribution in [2.45, 2.75) is 12.5 Å². The molecule has 0 saturated carbocycles. The minimum Gasteiger partial charge on any atom is -0.330 e. The summed E-state index contributed by atoms with van der Waals surface area (Å²) < 4.78 is 13.1. The van der Waals surface area contributed by atoms with Gasteiger partial charge in [0, 0.05) is 25.6 Å². The van der Waals surface area contributed by atoms with Gasteiger partial charge in [-0.25, -0.2) is 4.39 Å². The third-order valence-corrected chi connectivity index (χ3v) is 4.37. The summed E-state index contributed by atoms with van der Waals surface area (Å²) >= 11 is 0. The molecule has 21 heavy (non-hydrogen) atoms. The predicted octanol–water partition coefficient (Wildman–Crippen LogP) is 3.00. The van der Waals surface area contributed by atoms with E-state index in [1.165, 1.54) is 11.1 Å². The maximum absolute atomic E-state index is 13.1. The van der Waals surface area contributed by atoms with Crippen LogP contribution >= 0.6 is 0 Å². The topological polar surface area (TPSA) is 29.3 Å². The zero-order valence-corrected chi connectivity index (χ0v) is 12.1. The molecule has 1 aliphatic heterocycles. The Morgan fingerprint density at radius 2 is 1.71 bits per heavy atom. The summed E-state index contributed by atoms with van der Waals surface area (Å²) in [7, 11) is 0. The minimum absolute atomic E-state index is 0.179. The summed E-state index contributed by atoms with van der Waals surface area (Å²) in [6, 6.07) is 17.4. The number of hydrogen-bond acceptors (Lipinski definition) is 2. The molecule has 0 unspecified atom stereocenters. The van der Waals surface area contributed by atoms with Gasteiger partial charge in [-0.15, -0.1) is 0 Å². The van der Waals surface area contributed by atoms with Crippen LogP contribution in [0, 0.1) is 11.7 Å². The molecule has 0 aliphatic carbocycles. The summed E-state index contributed by atoms with van der Waals surface area (Å²) in [5.41, 5.74) is 8.47. The van der Waals surface area contributed by atoms with E-state index in [4.69, 9.17) is 5.73 Å². The average molecular weight is 284 g/mol. The highest BCUT2D eigenvalue weighted by Gasteiger charge is 2.32. The quantitative estimate of drug-likeness (QED) is 0.935. The number of nitrogens with zero attached hydrogens (tertiary/aromatic N) is 1. The molecular weight excluding hydrogens is 263 g/mol.